The lowest BCUT2D eigenvalue weighted by Gasteiger charge is -2.13. The molecule has 0 aromatic heterocycles. The van der Waals surface area contributed by atoms with Gasteiger partial charge in [-0.05, 0) is 35.6 Å². The summed E-state index contributed by atoms with van der Waals surface area (Å²) in [7, 11) is 4.84. The summed E-state index contributed by atoms with van der Waals surface area (Å²) < 4.78 is 20.7. The monoisotopic (exact) mass is 543 g/mol. The van der Waals surface area contributed by atoms with Crippen LogP contribution in [0.4, 0.5) is 0 Å². The van der Waals surface area contributed by atoms with Crippen molar-refractivity contribution in [1.82, 2.24) is 5.43 Å². The minimum Gasteiger partial charge on any atom is -0.497 e. The highest BCUT2D eigenvalue weighted by molar-refractivity contribution is 7.99. The number of hydrogen-bond acceptors (Lipinski definition) is 9. The van der Waals surface area contributed by atoms with Gasteiger partial charge in [0.15, 0.2) is 0 Å². The molecule has 206 valence electrons. The molecular formula is C28H37N3O6S. The summed E-state index contributed by atoms with van der Waals surface area (Å²) in [4.78, 5) is 30.2. The number of esters is 2. The van der Waals surface area contributed by atoms with Crippen molar-refractivity contribution in [3.05, 3.63) is 65.7 Å². The van der Waals surface area contributed by atoms with Crippen molar-refractivity contribution in [2.45, 2.75) is 31.8 Å². The molecule has 0 aliphatic heterocycles. The van der Waals surface area contributed by atoms with Crippen LogP contribution in [0.3, 0.4) is 0 Å². The molecule has 0 heterocycles. The van der Waals surface area contributed by atoms with Crippen LogP contribution in [0.1, 0.15) is 24.5 Å². The fourth-order valence-electron chi connectivity index (χ4n) is 4.00. The molecule has 3 rings (SSSR count). The van der Waals surface area contributed by atoms with E-state index >= 15 is 0 Å². The smallest absolute Gasteiger partial charge is 0.310 e. The number of hydrazone groups is 1. The Bertz CT molecular complexity index is 1040. The first-order valence-corrected chi connectivity index (χ1v) is 13.3. The molecule has 0 spiro atoms. The van der Waals surface area contributed by atoms with Crippen LogP contribution in [0.2, 0.25) is 0 Å². The molecule has 1 aliphatic rings. The summed E-state index contributed by atoms with van der Waals surface area (Å²) in [5.41, 5.74) is 4.28. The van der Waals surface area contributed by atoms with Gasteiger partial charge in [-0.25, -0.2) is 0 Å². The molecule has 0 radical (unpaired) electrons. The third kappa shape index (κ3) is 9.83. The van der Waals surface area contributed by atoms with Gasteiger partial charge in [-0.3, -0.25) is 20.0 Å². The van der Waals surface area contributed by atoms with Crippen LogP contribution in [0.25, 0.3) is 0 Å². The molecule has 1 aliphatic carbocycles. The molecule has 4 atom stereocenters. The topological polar surface area (TPSA) is 108 Å². The van der Waals surface area contributed by atoms with Crippen molar-refractivity contribution < 1.29 is 28.5 Å². The molecule has 1 N–H and O–H groups in total. The van der Waals surface area contributed by atoms with Gasteiger partial charge >= 0.3 is 11.9 Å². The highest BCUT2D eigenvalue weighted by Gasteiger charge is 2.63. The molecule has 1 fully saturated rings. The lowest BCUT2D eigenvalue weighted by Crippen LogP contribution is -2.14. The lowest BCUT2D eigenvalue weighted by molar-refractivity contribution is -0.152. The second kappa shape index (κ2) is 17.2. The maximum Gasteiger partial charge on any atom is 0.310 e. The zero-order chi connectivity index (χ0) is 27.8. The summed E-state index contributed by atoms with van der Waals surface area (Å²) in [6.07, 6.45) is 2.24. The van der Waals surface area contributed by atoms with E-state index in [0.717, 1.165) is 17.5 Å². The van der Waals surface area contributed by atoms with Crippen molar-refractivity contribution in [3.8, 4) is 5.75 Å². The Balaban J connectivity index is 0.00000161. The third-order valence-electron chi connectivity index (χ3n) is 5.79. The van der Waals surface area contributed by atoms with Gasteiger partial charge in [0.25, 0.3) is 0 Å². The Morgan fingerprint density at radius 1 is 1.00 bits per heavy atom. The average molecular weight is 544 g/mol. The molecule has 2 aromatic rings. The molecule has 2 aromatic carbocycles. The fourth-order valence-corrected chi connectivity index (χ4v) is 5.15. The number of hydrogen-bond donors (Lipinski definition) is 1. The van der Waals surface area contributed by atoms with E-state index in [-0.39, 0.29) is 36.3 Å². The number of carbonyl (C=O) groups excluding carboxylic acids is 2. The van der Waals surface area contributed by atoms with E-state index in [9.17, 15) is 9.59 Å². The van der Waals surface area contributed by atoms with Crippen LogP contribution in [0, 0.1) is 17.8 Å². The number of benzene rings is 2. The number of nitrogens with zero attached hydrogens (tertiary/aromatic N) is 2. The largest absolute Gasteiger partial charge is 0.497 e. The highest BCUT2D eigenvalue weighted by atomic mass is 32.2. The van der Waals surface area contributed by atoms with Crippen LogP contribution in [-0.2, 0) is 37.0 Å². The van der Waals surface area contributed by atoms with Crippen molar-refractivity contribution in [2.75, 3.05) is 27.2 Å². The molecule has 1 saturated carbocycles. The van der Waals surface area contributed by atoms with Gasteiger partial charge in [0.05, 0.1) is 24.8 Å². The number of nitrogens with one attached hydrogen (secondary N) is 1. The van der Waals surface area contributed by atoms with E-state index in [0.29, 0.717) is 11.6 Å². The maximum absolute atomic E-state index is 13.0. The van der Waals surface area contributed by atoms with E-state index in [1.165, 1.54) is 6.34 Å². The first-order chi connectivity index (χ1) is 18.5. The van der Waals surface area contributed by atoms with Crippen LogP contribution >= 0.6 is 11.8 Å². The molecular weight excluding hydrogens is 506 g/mol. The molecule has 4 unspecified atom stereocenters. The maximum atomic E-state index is 13.0. The van der Waals surface area contributed by atoms with E-state index in [1.807, 2.05) is 61.5 Å². The Hall–Kier alpha value is -3.37. The van der Waals surface area contributed by atoms with E-state index in [1.54, 1.807) is 33.1 Å². The summed E-state index contributed by atoms with van der Waals surface area (Å²) in [5, 5.41) is 3.55. The van der Waals surface area contributed by atoms with Gasteiger partial charge in [0.2, 0.25) is 0 Å². The second-order valence-corrected chi connectivity index (χ2v) is 9.63. The summed E-state index contributed by atoms with van der Waals surface area (Å²) >= 11 is 1.59. The number of aliphatic imine (C=N–C) groups is 1. The van der Waals surface area contributed by atoms with Gasteiger partial charge in [-0.2, -0.15) is 5.10 Å². The van der Waals surface area contributed by atoms with E-state index < -0.39 is 11.8 Å². The van der Waals surface area contributed by atoms with Crippen LogP contribution < -0.4 is 10.2 Å². The number of methoxy groups -OCH3 is 2. The fraction of sp³-hybridized carbons (Fsp3) is 0.429. The highest BCUT2D eigenvalue weighted by Crippen LogP contribution is 2.54. The van der Waals surface area contributed by atoms with E-state index in [2.05, 4.69) is 27.0 Å². The molecule has 38 heavy (non-hydrogen) atoms. The molecule has 9 nitrogen and oxygen atoms in total. The SMILES string of the molecule is C=NN/C=N\CSC(CC)C1C(C(=O)OCc2ccccc2)C1C(=O)OCc1cccc(OC)c1.COC. The van der Waals surface area contributed by atoms with Crippen molar-refractivity contribution in [3.63, 3.8) is 0 Å². The molecule has 0 saturated heterocycles. The van der Waals surface area contributed by atoms with Gasteiger partial charge < -0.3 is 18.9 Å². The Morgan fingerprint density at radius 3 is 2.18 bits per heavy atom. The standard InChI is InChI=1S/C26H31N3O5S.C2H6O/c1-4-21(35-17-28-16-29-27-2)22-23(25(30)33-14-18-9-6-5-7-10-18)24(22)26(31)34-15-19-11-8-12-20(13-19)32-3;1-3-2/h5-13,16,21-24H,2,4,14-15,17H2,1,3H3,(H,28,29);1-2H3. The van der Waals surface area contributed by atoms with Crippen LogP contribution in [0.15, 0.2) is 64.7 Å². The zero-order valence-electron chi connectivity index (χ0n) is 22.4. The number of carbonyl (C=O) groups is 2. The summed E-state index contributed by atoms with van der Waals surface area (Å²) in [5.74, 6) is -0.860. The Labute approximate surface area is 229 Å². The normalized spacial score (nSPS) is 18.5. The quantitative estimate of drug-likeness (QED) is 0.163. The summed E-state index contributed by atoms with van der Waals surface area (Å²) in [6.45, 7) is 5.64. The number of rotatable bonds is 14. The third-order valence-corrected chi connectivity index (χ3v) is 7.17. The minimum atomic E-state index is -0.543. The molecule has 10 heteroatoms. The predicted molar refractivity (Wildman–Crippen MR) is 150 cm³/mol. The van der Waals surface area contributed by atoms with Crippen LogP contribution in [0.5, 0.6) is 5.75 Å². The Kier molecular flexibility index (Phi) is 14.0. The van der Waals surface area contributed by atoms with Gasteiger partial charge in [0, 0.05) is 26.2 Å². The van der Waals surface area contributed by atoms with Crippen LogP contribution in [-0.4, -0.2) is 57.5 Å². The zero-order valence-corrected chi connectivity index (χ0v) is 23.2. The van der Waals surface area contributed by atoms with Crippen molar-refractivity contribution >= 4 is 36.8 Å². The second-order valence-electron chi connectivity index (χ2n) is 8.43. The molecule has 0 amide bonds. The van der Waals surface area contributed by atoms with Gasteiger partial charge in [-0.1, -0.05) is 49.4 Å². The predicted octanol–water partition coefficient (Wildman–Crippen LogP) is 4.31. The first kappa shape index (κ1) is 30.9. The molecule has 0 bridgehead atoms. The van der Waals surface area contributed by atoms with Crippen molar-refractivity contribution in [2.24, 2.45) is 27.8 Å². The van der Waals surface area contributed by atoms with Crippen molar-refractivity contribution in [1.29, 1.82) is 0 Å². The van der Waals surface area contributed by atoms with Gasteiger partial charge in [-0.15, -0.1) is 11.8 Å². The average Bonchev–Trinajstić information content (AvgIpc) is 3.69. The minimum absolute atomic E-state index is 0.0486. The number of thioether (sulfide) groups is 1. The Morgan fingerprint density at radius 2 is 1.61 bits per heavy atom. The van der Waals surface area contributed by atoms with Gasteiger partial charge in [0.1, 0.15) is 25.3 Å². The summed E-state index contributed by atoms with van der Waals surface area (Å²) in [6, 6.07) is 16.8. The lowest BCUT2D eigenvalue weighted by atomic mass is 10.2. The van der Waals surface area contributed by atoms with E-state index in [4.69, 9.17) is 14.2 Å². The first-order valence-electron chi connectivity index (χ1n) is 12.2. The number of ether oxygens (including phenoxy) is 4.